The molecule has 7 heteroatoms. The Morgan fingerprint density at radius 1 is 1.39 bits per heavy atom. The van der Waals surface area contributed by atoms with E-state index >= 15 is 0 Å². The molecule has 0 atom stereocenters. The van der Waals surface area contributed by atoms with Crippen molar-refractivity contribution in [1.82, 2.24) is 24.1 Å². The number of hydrogen-bond acceptors (Lipinski definition) is 6. The minimum Gasteiger partial charge on any atom is -0.360 e. The van der Waals surface area contributed by atoms with Crippen molar-refractivity contribution in [2.75, 3.05) is 11.9 Å². The van der Waals surface area contributed by atoms with Gasteiger partial charge in [-0.25, -0.2) is 9.97 Å². The summed E-state index contributed by atoms with van der Waals surface area (Å²) in [4.78, 5) is 8.64. The Balaban J connectivity index is 1.85. The molecule has 6 nitrogen and oxygen atoms in total. The van der Waals surface area contributed by atoms with Crippen LogP contribution in [-0.4, -0.2) is 30.7 Å². The Labute approximate surface area is 111 Å². The molecule has 0 fully saturated rings. The SMILES string of the molecule is Cn1cnc(CCNc2nc(C(C)(C)C)ns2)n1. The van der Waals surface area contributed by atoms with Gasteiger partial charge in [0.05, 0.1) is 0 Å². The predicted molar refractivity (Wildman–Crippen MR) is 71.8 cm³/mol. The van der Waals surface area contributed by atoms with Gasteiger partial charge < -0.3 is 5.32 Å². The van der Waals surface area contributed by atoms with Crippen LogP contribution in [0.2, 0.25) is 0 Å². The van der Waals surface area contributed by atoms with Gasteiger partial charge in [0.2, 0.25) is 5.13 Å². The van der Waals surface area contributed by atoms with Gasteiger partial charge in [0.25, 0.3) is 0 Å². The summed E-state index contributed by atoms with van der Waals surface area (Å²) < 4.78 is 6.06. The van der Waals surface area contributed by atoms with E-state index in [0.717, 1.165) is 29.7 Å². The summed E-state index contributed by atoms with van der Waals surface area (Å²) in [6, 6.07) is 0. The number of aryl methyl sites for hydroxylation is 1. The quantitative estimate of drug-likeness (QED) is 0.910. The first-order valence-corrected chi connectivity index (χ1v) is 6.65. The summed E-state index contributed by atoms with van der Waals surface area (Å²) >= 11 is 1.40. The number of nitrogens with zero attached hydrogens (tertiary/aromatic N) is 5. The van der Waals surface area contributed by atoms with Crippen LogP contribution >= 0.6 is 11.5 Å². The average molecular weight is 266 g/mol. The van der Waals surface area contributed by atoms with Crippen molar-refractivity contribution < 1.29 is 0 Å². The minimum atomic E-state index is -0.00102. The summed E-state index contributed by atoms with van der Waals surface area (Å²) in [7, 11) is 1.87. The van der Waals surface area contributed by atoms with Gasteiger partial charge in [-0.1, -0.05) is 20.8 Å². The highest BCUT2D eigenvalue weighted by atomic mass is 32.1. The molecule has 2 aromatic heterocycles. The molecule has 2 heterocycles. The lowest BCUT2D eigenvalue weighted by Gasteiger charge is -2.12. The molecule has 1 N–H and O–H groups in total. The van der Waals surface area contributed by atoms with E-state index in [1.54, 1.807) is 11.0 Å². The largest absolute Gasteiger partial charge is 0.360 e. The standard InChI is InChI=1S/C11H18N6S/c1-11(2,3)9-14-10(18-16-9)12-6-5-8-13-7-17(4)15-8/h7H,5-6H2,1-4H3,(H,12,14,16). The van der Waals surface area contributed by atoms with Gasteiger partial charge >= 0.3 is 0 Å². The van der Waals surface area contributed by atoms with E-state index in [1.165, 1.54) is 11.5 Å². The topological polar surface area (TPSA) is 68.5 Å². The first-order valence-electron chi connectivity index (χ1n) is 5.88. The molecule has 98 valence electrons. The molecule has 0 aromatic carbocycles. The second-order valence-electron chi connectivity index (χ2n) is 5.18. The third-order valence-corrected chi connectivity index (χ3v) is 3.04. The van der Waals surface area contributed by atoms with Crippen LogP contribution in [0.1, 0.15) is 32.4 Å². The van der Waals surface area contributed by atoms with E-state index in [4.69, 9.17) is 0 Å². The monoisotopic (exact) mass is 266 g/mol. The summed E-state index contributed by atoms with van der Waals surface area (Å²) in [5, 5.41) is 8.33. The third-order valence-electron chi connectivity index (χ3n) is 2.37. The maximum absolute atomic E-state index is 4.47. The van der Waals surface area contributed by atoms with Crippen molar-refractivity contribution in [3.8, 4) is 0 Å². The number of anilines is 1. The first-order chi connectivity index (χ1) is 8.45. The molecule has 0 saturated heterocycles. The third kappa shape index (κ3) is 3.25. The van der Waals surface area contributed by atoms with Crippen molar-refractivity contribution in [3.05, 3.63) is 18.0 Å². The maximum Gasteiger partial charge on any atom is 0.202 e. The Bertz CT molecular complexity index is 510. The summed E-state index contributed by atoms with van der Waals surface area (Å²) in [6.07, 6.45) is 2.49. The number of aromatic nitrogens is 5. The van der Waals surface area contributed by atoms with E-state index in [2.05, 4.69) is 45.5 Å². The van der Waals surface area contributed by atoms with Crippen LogP contribution in [0.25, 0.3) is 0 Å². The molecule has 0 radical (unpaired) electrons. The zero-order valence-electron chi connectivity index (χ0n) is 11.1. The summed E-state index contributed by atoms with van der Waals surface area (Å²) in [6.45, 7) is 7.09. The second kappa shape index (κ2) is 5.01. The van der Waals surface area contributed by atoms with Crippen LogP contribution in [0.4, 0.5) is 5.13 Å². The van der Waals surface area contributed by atoms with Gasteiger partial charge in [0.15, 0.2) is 5.82 Å². The van der Waals surface area contributed by atoms with E-state index in [-0.39, 0.29) is 5.41 Å². The Morgan fingerprint density at radius 3 is 2.72 bits per heavy atom. The van der Waals surface area contributed by atoms with Gasteiger partial charge in [-0.05, 0) is 0 Å². The van der Waals surface area contributed by atoms with Gasteiger partial charge in [-0.15, -0.1) is 0 Å². The molecule has 0 saturated carbocycles. The Morgan fingerprint density at radius 2 is 2.17 bits per heavy atom. The highest BCUT2D eigenvalue weighted by Gasteiger charge is 2.19. The van der Waals surface area contributed by atoms with Crippen LogP contribution in [0, 0.1) is 0 Å². The molecular weight excluding hydrogens is 248 g/mol. The molecular formula is C11H18N6S. The Hall–Kier alpha value is -1.50. The smallest absolute Gasteiger partial charge is 0.202 e. The van der Waals surface area contributed by atoms with Gasteiger partial charge in [0, 0.05) is 37.0 Å². The number of rotatable bonds is 4. The Kier molecular flexibility index (Phi) is 3.60. The zero-order chi connectivity index (χ0) is 13.2. The van der Waals surface area contributed by atoms with E-state index in [0.29, 0.717) is 0 Å². The fourth-order valence-corrected chi connectivity index (χ4v) is 2.16. The average Bonchev–Trinajstić information content (AvgIpc) is 2.87. The number of nitrogens with one attached hydrogen (secondary N) is 1. The van der Waals surface area contributed by atoms with Crippen molar-refractivity contribution in [1.29, 1.82) is 0 Å². The number of hydrogen-bond donors (Lipinski definition) is 1. The molecule has 0 aliphatic rings. The van der Waals surface area contributed by atoms with Gasteiger partial charge in [-0.3, -0.25) is 4.68 Å². The van der Waals surface area contributed by atoms with Crippen molar-refractivity contribution in [2.24, 2.45) is 7.05 Å². The maximum atomic E-state index is 4.47. The lowest BCUT2D eigenvalue weighted by atomic mass is 9.96. The molecule has 0 bridgehead atoms. The van der Waals surface area contributed by atoms with Crippen LogP contribution < -0.4 is 5.32 Å². The van der Waals surface area contributed by atoms with Crippen LogP contribution in [0.3, 0.4) is 0 Å². The fraction of sp³-hybridized carbons (Fsp3) is 0.636. The second-order valence-corrected chi connectivity index (χ2v) is 5.94. The molecule has 0 unspecified atom stereocenters. The molecule has 0 aliphatic heterocycles. The molecule has 2 aromatic rings. The van der Waals surface area contributed by atoms with E-state index in [1.807, 2.05) is 7.05 Å². The molecule has 0 amide bonds. The van der Waals surface area contributed by atoms with Crippen LogP contribution in [0.5, 0.6) is 0 Å². The van der Waals surface area contributed by atoms with Gasteiger partial charge in [-0.2, -0.15) is 9.47 Å². The van der Waals surface area contributed by atoms with Crippen molar-refractivity contribution in [2.45, 2.75) is 32.6 Å². The zero-order valence-corrected chi connectivity index (χ0v) is 12.0. The fourth-order valence-electron chi connectivity index (χ4n) is 1.38. The van der Waals surface area contributed by atoms with Gasteiger partial charge in [0.1, 0.15) is 12.2 Å². The summed E-state index contributed by atoms with van der Waals surface area (Å²) in [5.41, 5.74) is -0.00102. The van der Waals surface area contributed by atoms with Crippen LogP contribution in [-0.2, 0) is 18.9 Å². The lowest BCUT2D eigenvalue weighted by Crippen LogP contribution is -2.13. The highest BCUT2D eigenvalue weighted by molar-refractivity contribution is 7.09. The van der Waals surface area contributed by atoms with Crippen LogP contribution in [0.15, 0.2) is 6.33 Å². The van der Waals surface area contributed by atoms with E-state index in [9.17, 15) is 0 Å². The lowest BCUT2D eigenvalue weighted by molar-refractivity contribution is 0.555. The van der Waals surface area contributed by atoms with Crippen molar-refractivity contribution >= 4 is 16.7 Å². The molecule has 18 heavy (non-hydrogen) atoms. The molecule has 0 spiro atoms. The van der Waals surface area contributed by atoms with E-state index < -0.39 is 0 Å². The molecule has 0 aliphatic carbocycles. The molecule has 2 rings (SSSR count). The normalized spacial score (nSPS) is 11.8. The van der Waals surface area contributed by atoms with Crippen molar-refractivity contribution in [3.63, 3.8) is 0 Å². The summed E-state index contributed by atoms with van der Waals surface area (Å²) in [5.74, 6) is 1.72. The minimum absolute atomic E-state index is 0.00102. The highest BCUT2D eigenvalue weighted by Crippen LogP contribution is 2.22. The first kappa shape index (κ1) is 12.9. The predicted octanol–water partition coefficient (Wildman–Crippen LogP) is 1.62.